The molecule has 0 radical (unpaired) electrons. The lowest BCUT2D eigenvalue weighted by Gasteiger charge is -2.12. The SMILES string of the molecule is COc1ccc(-c2nn(CCCC(=O)Nc3ccc(C)cn3)c(=O)cc2OC)cc1. The molecule has 0 bridgehead atoms. The van der Waals surface area contributed by atoms with Crippen molar-refractivity contribution >= 4 is 11.7 Å². The van der Waals surface area contributed by atoms with E-state index < -0.39 is 0 Å². The van der Waals surface area contributed by atoms with Crippen LogP contribution in [0.1, 0.15) is 18.4 Å². The Morgan fingerprint density at radius 1 is 1.10 bits per heavy atom. The van der Waals surface area contributed by atoms with Crippen molar-refractivity contribution in [3.8, 4) is 22.8 Å². The highest BCUT2D eigenvalue weighted by Crippen LogP contribution is 2.27. The van der Waals surface area contributed by atoms with Gasteiger partial charge in [0.25, 0.3) is 5.56 Å². The molecule has 0 spiro atoms. The highest BCUT2D eigenvalue weighted by Gasteiger charge is 2.12. The van der Waals surface area contributed by atoms with Crippen molar-refractivity contribution in [2.24, 2.45) is 0 Å². The lowest BCUT2D eigenvalue weighted by atomic mass is 10.1. The molecular formula is C22H24N4O4. The number of benzene rings is 1. The molecule has 0 aliphatic carbocycles. The lowest BCUT2D eigenvalue weighted by molar-refractivity contribution is -0.116. The summed E-state index contributed by atoms with van der Waals surface area (Å²) in [6.07, 6.45) is 2.39. The first kappa shape index (κ1) is 21.0. The number of carbonyl (C=O) groups is 1. The Morgan fingerprint density at radius 2 is 1.87 bits per heavy atom. The van der Waals surface area contributed by atoms with Crippen molar-refractivity contribution in [2.45, 2.75) is 26.3 Å². The third-order valence-electron chi connectivity index (χ3n) is 4.50. The largest absolute Gasteiger partial charge is 0.497 e. The third-order valence-corrected chi connectivity index (χ3v) is 4.50. The van der Waals surface area contributed by atoms with Crippen molar-refractivity contribution in [2.75, 3.05) is 19.5 Å². The van der Waals surface area contributed by atoms with Crippen molar-refractivity contribution in [3.63, 3.8) is 0 Å². The van der Waals surface area contributed by atoms with E-state index in [4.69, 9.17) is 9.47 Å². The van der Waals surface area contributed by atoms with Crippen molar-refractivity contribution in [1.29, 1.82) is 0 Å². The average Bonchev–Trinajstić information content (AvgIpc) is 2.76. The number of aromatic nitrogens is 3. The second-order valence-corrected chi connectivity index (χ2v) is 6.72. The van der Waals surface area contributed by atoms with Gasteiger partial charge in [-0.1, -0.05) is 6.07 Å². The zero-order chi connectivity index (χ0) is 21.5. The maximum absolute atomic E-state index is 12.4. The summed E-state index contributed by atoms with van der Waals surface area (Å²) in [5.41, 5.74) is 2.08. The number of hydrogen-bond acceptors (Lipinski definition) is 6. The highest BCUT2D eigenvalue weighted by atomic mass is 16.5. The highest BCUT2D eigenvalue weighted by molar-refractivity contribution is 5.89. The van der Waals surface area contributed by atoms with E-state index in [-0.39, 0.29) is 17.9 Å². The second-order valence-electron chi connectivity index (χ2n) is 6.72. The first-order valence-electron chi connectivity index (χ1n) is 9.53. The standard InChI is InChI=1S/C22H24N4O4/c1-15-6-11-19(23-14-15)24-20(27)5-4-12-26-21(28)13-18(30-3)22(25-26)16-7-9-17(29-2)10-8-16/h6-11,13-14H,4-5,12H2,1-3H3,(H,23,24,27). The molecule has 0 unspecified atom stereocenters. The summed E-state index contributed by atoms with van der Waals surface area (Å²) < 4.78 is 11.9. The molecule has 3 aromatic rings. The summed E-state index contributed by atoms with van der Waals surface area (Å²) >= 11 is 0. The van der Waals surface area contributed by atoms with Gasteiger partial charge in [0, 0.05) is 30.8 Å². The number of aryl methyl sites for hydroxylation is 2. The lowest BCUT2D eigenvalue weighted by Crippen LogP contribution is -2.24. The molecule has 8 heteroatoms. The summed E-state index contributed by atoms with van der Waals surface area (Å²) in [6.45, 7) is 2.24. The number of nitrogens with zero attached hydrogens (tertiary/aromatic N) is 3. The number of nitrogens with one attached hydrogen (secondary N) is 1. The van der Waals surface area contributed by atoms with Crippen molar-refractivity contribution in [3.05, 3.63) is 64.6 Å². The van der Waals surface area contributed by atoms with E-state index in [2.05, 4.69) is 15.4 Å². The van der Waals surface area contributed by atoms with Crippen LogP contribution in [-0.4, -0.2) is 34.9 Å². The van der Waals surface area contributed by atoms with E-state index in [0.29, 0.717) is 30.2 Å². The quantitative estimate of drug-likeness (QED) is 0.616. The van der Waals surface area contributed by atoms with Crippen LogP contribution in [0.25, 0.3) is 11.3 Å². The minimum absolute atomic E-state index is 0.164. The molecule has 0 atom stereocenters. The maximum atomic E-state index is 12.4. The van der Waals surface area contributed by atoms with E-state index in [9.17, 15) is 9.59 Å². The van der Waals surface area contributed by atoms with Gasteiger partial charge < -0.3 is 14.8 Å². The number of pyridine rings is 1. The summed E-state index contributed by atoms with van der Waals surface area (Å²) in [6, 6.07) is 12.4. The van der Waals surface area contributed by atoms with Gasteiger partial charge in [-0.15, -0.1) is 0 Å². The molecule has 156 valence electrons. The van der Waals surface area contributed by atoms with Crippen LogP contribution in [-0.2, 0) is 11.3 Å². The van der Waals surface area contributed by atoms with Crippen molar-refractivity contribution in [1.82, 2.24) is 14.8 Å². The molecule has 1 aromatic carbocycles. The molecule has 2 aromatic heterocycles. The van der Waals surface area contributed by atoms with Gasteiger partial charge in [0.1, 0.15) is 17.3 Å². The molecule has 1 N–H and O–H groups in total. The normalized spacial score (nSPS) is 10.5. The molecule has 0 aliphatic rings. The Kier molecular flexibility index (Phi) is 6.79. The fourth-order valence-corrected chi connectivity index (χ4v) is 2.88. The van der Waals surface area contributed by atoms with Crippen LogP contribution in [0.2, 0.25) is 0 Å². The molecule has 0 aliphatic heterocycles. The summed E-state index contributed by atoms with van der Waals surface area (Å²) in [5, 5.41) is 7.20. The van der Waals surface area contributed by atoms with Crippen LogP contribution >= 0.6 is 0 Å². The summed E-state index contributed by atoms with van der Waals surface area (Å²) in [4.78, 5) is 28.7. The van der Waals surface area contributed by atoms with Gasteiger partial charge in [0.2, 0.25) is 5.91 Å². The Morgan fingerprint density at radius 3 is 2.50 bits per heavy atom. The fourth-order valence-electron chi connectivity index (χ4n) is 2.88. The average molecular weight is 408 g/mol. The monoisotopic (exact) mass is 408 g/mol. The van der Waals surface area contributed by atoms with Gasteiger partial charge in [-0.05, 0) is 49.2 Å². The number of ether oxygens (including phenoxy) is 2. The van der Waals surface area contributed by atoms with E-state index in [1.54, 1.807) is 19.4 Å². The number of amides is 1. The zero-order valence-electron chi connectivity index (χ0n) is 17.2. The Balaban J connectivity index is 1.68. The minimum Gasteiger partial charge on any atom is -0.497 e. The molecule has 1 amide bonds. The fraction of sp³-hybridized carbons (Fsp3) is 0.273. The molecular weight excluding hydrogens is 384 g/mol. The molecule has 30 heavy (non-hydrogen) atoms. The summed E-state index contributed by atoms with van der Waals surface area (Å²) in [7, 11) is 3.09. The van der Waals surface area contributed by atoms with Crippen LogP contribution in [0, 0.1) is 6.92 Å². The van der Waals surface area contributed by atoms with E-state index in [1.807, 2.05) is 37.3 Å². The van der Waals surface area contributed by atoms with Gasteiger partial charge in [-0.25, -0.2) is 9.67 Å². The Hall–Kier alpha value is -3.68. The number of carbonyl (C=O) groups excluding carboxylic acids is 1. The zero-order valence-corrected chi connectivity index (χ0v) is 17.2. The van der Waals surface area contributed by atoms with Gasteiger partial charge in [-0.2, -0.15) is 5.10 Å². The predicted octanol–water partition coefficient (Wildman–Crippen LogP) is 3.05. The molecule has 8 nitrogen and oxygen atoms in total. The van der Waals surface area contributed by atoms with Crippen molar-refractivity contribution < 1.29 is 14.3 Å². The van der Waals surface area contributed by atoms with E-state index in [1.165, 1.54) is 17.9 Å². The first-order valence-corrected chi connectivity index (χ1v) is 9.53. The topological polar surface area (TPSA) is 95.3 Å². The third kappa shape index (κ3) is 5.22. The Labute approximate surface area is 174 Å². The number of hydrogen-bond donors (Lipinski definition) is 1. The molecule has 3 rings (SSSR count). The van der Waals surface area contributed by atoms with Gasteiger partial charge in [0.15, 0.2) is 5.75 Å². The number of methoxy groups -OCH3 is 2. The van der Waals surface area contributed by atoms with Crippen LogP contribution in [0.3, 0.4) is 0 Å². The second kappa shape index (κ2) is 9.69. The molecule has 0 saturated carbocycles. The smallest absolute Gasteiger partial charge is 0.270 e. The van der Waals surface area contributed by atoms with Gasteiger partial charge in [-0.3, -0.25) is 9.59 Å². The maximum Gasteiger partial charge on any atom is 0.270 e. The van der Waals surface area contributed by atoms with E-state index in [0.717, 1.165) is 16.9 Å². The van der Waals surface area contributed by atoms with Crippen LogP contribution in [0.5, 0.6) is 11.5 Å². The number of rotatable bonds is 8. The predicted molar refractivity (Wildman–Crippen MR) is 114 cm³/mol. The first-order chi connectivity index (χ1) is 14.5. The minimum atomic E-state index is -0.287. The molecule has 2 heterocycles. The van der Waals surface area contributed by atoms with Gasteiger partial charge in [0.05, 0.1) is 14.2 Å². The Bertz CT molecular complexity index is 1060. The van der Waals surface area contributed by atoms with Crippen LogP contribution in [0.15, 0.2) is 53.5 Å². The van der Waals surface area contributed by atoms with Crippen LogP contribution < -0.4 is 20.3 Å². The van der Waals surface area contributed by atoms with Gasteiger partial charge >= 0.3 is 0 Å². The summed E-state index contributed by atoms with van der Waals surface area (Å²) in [5.74, 6) is 1.46. The molecule has 0 saturated heterocycles. The van der Waals surface area contributed by atoms with E-state index >= 15 is 0 Å². The molecule has 0 fully saturated rings. The van der Waals surface area contributed by atoms with Crippen LogP contribution in [0.4, 0.5) is 5.82 Å². The number of anilines is 1.